The maximum absolute atomic E-state index is 8.74. The molecule has 0 saturated heterocycles. The molecule has 0 aliphatic heterocycles. The molecule has 3 N–H and O–H groups in total. The van der Waals surface area contributed by atoms with E-state index in [-0.39, 0.29) is 17.9 Å². The van der Waals surface area contributed by atoms with E-state index in [9.17, 15) is 0 Å². The average Bonchev–Trinajstić information content (AvgIpc) is 2.17. The fraction of sp³-hybridized carbons (Fsp3) is 0.625. The molecule has 0 bridgehead atoms. The van der Waals surface area contributed by atoms with E-state index in [4.69, 9.17) is 16.7 Å². The molecular formula is C8H14ClN5O. The monoisotopic (exact) mass is 231 g/mol. The van der Waals surface area contributed by atoms with Crippen LogP contribution < -0.4 is 10.6 Å². The van der Waals surface area contributed by atoms with Crippen LogP contribution in [-0.2, 0) is 0 Å². The predicted octanol–water partition coefficient (Wildman–Crippen LogP) is 0.749. The van der Waals surface area contributed by atoms with E-state index >= 15 is 0 Å². The van der Waals surface area contributed by atoms with Gasteiger partial charge in [-0.05, 0) is 24.9 Å². The second kappa shape index (κ2) is 5.67. The molecule has 0 radical (unpaired) electrons. The topological polar surface area (TPSA) is 83.0 Å². The van der Waals surface area contributed by atoms with E-state index in [1.807, 2.05) is 6.92 Å². The Kier molecular flexibility index (Phi) is 4.51. The van der Waals surface area contributed by atoms with E-state index < -0.39 is 0 Å². The van der Waals surface area contributed by atoms with Gasteiger partial charge in [-0.2, -0.15) is 15.0 Å². The summed E-state index contributed by atoms with van der Waals surface area (Å²) in [6, 6.07) is 0.0816. The zero-order valence-electron chi connectivity index (χ0n) is 8.66. The molecule has 0 fully saturated rings. The maximum Gasteiger partial charge on any atom is 0.229 e. The van der Waals surface area contributed by atoms with Crippen LogP contribution in [0.25, 0.3) is 0 Å². The molecule has 6 nitrogen and oxygen atoms in total. The fourth-order valence-corrected chi connectivity index (χ4v) is 1.17. The Hall–Kier alpha value is -1.14. The lowest BCUT2D eigenvalue weighted by molar-refractivity contribution is 0.282. The van der Waals surface area contributed by atoms with E-state index in [0.717, 1.165) is 0 Å². The quantitative estimate of drug-likeness (QED) is 0.694. The van der Waals surface area contributed by atoms with Gasteiger partial charge in [-0.1, -0.05) is 0 Å². The van der Waals surface area contributed by atoms with Crippen molar-refractivity contribution >= 4 is 23.5 Å². The van der Waals surface area contributed by atoms with Gasteiger partial charge < -0.3 is 15.7 Å². The maximum atomic E-state index is 8.74. The van der Waals surface area contributed by atoms with Gasteiger partial charge in [-0.25, -0.2) is 0 Å². The first-order valence-corrected chi connectivity index (χ1v) is 5.00. The van der Waals surface area contributed by atoms with Gasteiger partial charge in [0.05, 0.1) is 0 Å². The highest BCUT2D eigenvalue weighted by Crippen LogP contribution is 2.10. The first kappa shape index (κ1) is 11.9. The fourth-order valence-electron chi connectivity index (χ4n) is 1.01. The van der Waals surface area contributed by atoms with Crippen molar-refractivity contribution < 1.29 is 5.11 Å². The number of hydrogen-bond acceptors (Lipinski definition) is 6. The third kappa shape index (κ3) is 3.85. The van der Waals surface area contributed by atoms with Gasteiger partial charge in [0.2, 0.25) is 17.2 Å². The summed E-state index contributed by atoms with van der Waals surface area (Å²) in [5.74, 6) is 0.814. The minimum Gasteiger partial charge on any atom is -0.396 e. The average molecular weight is 232 g/mol. The van der Waals surface area contributed by atoms with Gasteiger partial charge >= 0.3 is 0 Å². The van der Waals surface area contributed by atoms with E-state index in [1.165, 1.54) is 0 Å². The van der Waals surface area contributed by atoms with Crippen molar-refractivity contribution in [3.8, 4) is 0 Å². The van der Waals surface area contributed by atoms with Crippen LogP contribution >= 0.6 is 11.6 Å². The van der Waals surface area contributed by atoms with Crippen molar-refractivity contribution in [2.45, 2.75) is 19.4 Å². The van der Waals surface area contributed by atoms with Crippen molar-refractivity contribution in [2.75, 3.05) is 24.3 Å². The molecule has 0 spiro atoms. The molecule has 1 aromatic rings. The Morgan fingerprint density at radius 1 is 1.33 bits per heavy atom. The van der Waals surface area contributed by atoms with Gasteiger partial charge in [-0.3, -0.25) is 0 Å². The number of halogens is 1. The van der Waals surface area contributed by atoms with Crippen molar-refractivity contribution in [3.05, 3.63) is 5.28 Å². The highest BCUT2D eigenvalue weighted by atomic mass is 35.5. The van der Waals surface area contributed by atoms with Crippen LogP contribution in [0.4, 0.5) is 11.9 Å². The summed E-state index contributed by atoms with van der Waals surface area (Å²) in [6.07, 6.45) is 0.623. The number of nitrogens with one attached hydrogen (secondary N) is 2. The number of anilines is 2. The minimum atomic E-state index is 0.0816. The number of nitrogens with zero attached hydrogens (tertiary/aromatic N) is 3. The summed E-state index contributed by atoms with van der Waals surface area (Å²) in [5, 5.41) is 14.7. The lowest BCUT2D eigenvalue weighted by Crippen LogP contribution is -2.19. The summed E-state index contributed by atoms with van der Waals surface area (Å²) < 4.78 is 0. The van der Waals surface area contributed by atoms with Crippen molar-refractivity contribution in [2.24, 2.45) is 0 Å². The van der Waals surface area contributed by atoms with E-state index in [1.54, 1.807) is 7.05 Å². The number of aromatic nitrogens is 3. The Bertz CT molecular complexity index is 322. The Morgan fingerprint density at radius 2 is 2.00 bits per heavy atom. The second-order valence-electron chi connectivity index (χ2n) is 3.06. The predicted molar refractivity (Wildman–Crippen MR) is 59.2 cm³/mol. The smallest absolute Gasteiger partial charge is 0.229 e. The van der Waals surface area contributed by atoms with Crippen LogP contribution in [0.1, 0.15) is 13.3 Å². The van der Waals surface area contributed by atoms with Crippen LogP contribution in [0.5, 0.6) is 0 Å². The van der Waals surface area contributed by atoms with Gasteiger partial charge in [0, 0.05) is 19.7 Å². The van der Waals surface area contributed by atoms with Crippen molar-refractivity contribution in [3.63, 3.8) is 0 Å². The van der Waals surface area contributed by atoms with Crippen LogP contribution in [-0.4, -0.2) is 39.8 Å². The first-order chi connectivity index (χ1) is 7.15. The third-order valence-electron chi connectivity index (χ3n) is 1.77. The molecule has 0 aliphatic carbocycles. The van der Waals surface area contributed by atoms with Gasteiger partial charge in [0.15, 0.2) is 0 Å². The Morgan fingerprint density at radius 3 is 2.60 bits per heavy atom. The van der Waals surface area contributed by atoms with Crippen molar-refractivity contribution in [1.29, 1.82) is 0 Å². The Labute approximate surface area is 93.1 Å². The third-order valence-corrected chi connectivity index (χ3v) is 1.94. The molecule has 0 aliphatic rings. The molecule has 1 aromatic heterocycles. The van der Waals surface area contributed by atoms with E-state index in [2.05, 4.69) is 25.6 Å². The largest absolute Gasteiger partial charge is 0.396 e. The lowest BCUT2D eigenvalue weighted by atomic mass is 10.2. The van der Waals surface area contributed by atoms with Gasteiger partial charge in [0.1, 0.15) is 0 Å². The summed E-state index contributed by atoms with van der Waals surface area (Å²) in [5.41, 5.74) is 0. The molecule has 15 heavy (non-hydrogen) atoms. The molecular weight excluding hydrogens is 218 g/mol. The zero-order chi connectivity index (χ0) is 11.3. The van der Waals surface area contributed by atoms with Crippen molar-refractivity contribution in [1.82, 2.24) is 15.0 Å². The first-order valence-electron chi connectivity index (χ1n) is 4.62. The van der Waals surface area contributed by atoms with Crippen LogP contribution in [0.2, 0.25) is 5.28 Å². The number of hydrogen-bond donors (Lipinski definition) is 3. The second-order valence-corrected chi connectivity index (χ2v) is 3.40. The molecule has 0 amide bonds. The SMILES string of the molecule is CNc1nc(Cl)nc(NC(C)CCO)n1. The van der Waals surface area contributed by atoms with E-state index in [0.29, 0.717) is 18.3 Å². The van der Waals surface area contributed by atoms with Crippen LogP contribution in [0.3, 0.4) is 0 Å². The normalized spacial score (nSPS) is 12.3. The van der Waals surface area contributed by atoms with Crippen LogP contribution in [0, 0.1) is 0 Å². The molecule has 1 atom stereocenters. The summed E-state index contributed by atoms with van der Waals surface area (Å²) in [4.78, 5) is 11.8. The van der Waals surface area contributed by atoms with Crippen LogP contribution in [0.15, 0.2) is 0 Å². The number of aliphatic hydroxyl groups excluding tert-OH is 1. The molecule has 84 valence electrons. The molecule has 0 saturated carbocycles. The summed E-state index contributed by atoms with van der Waals surface area (Å²) >= 11 is 5.70. The zero-order valence-corrected chi connectivity index (χ0v) is 9.41. The highest BCUT2D eigenvalue weighted by Gasteiger charge is 2.06. The summed E-state index contributed by atoms with van der Waals surface area (Å²) in [7, 11) is 1.70. The lowest BCUT2D eigenvalue weighted by Gasteiger charge is -2.12. The number of aliphatic hydroxyl groups is 1. The highest BCUT2D eigenvalue weighted by molar-refractivity contribution is 6.28. The molecule has 0 aromatic carbocycles. The van der Waals surface area contributed by atoms with Gasteiger partial charge in [0.25, 0.3) is 0 Å². The molecule has 1 heterocycles. The summed E-state index contributed by atoms with van der Waals surface area (Å²) in [6.45, 7) is 2.04. The molecule has 7 heteroatoms. The molecule has 1 rings (SSSR count). The number of rotatable bonds is 5. The standard InChI is InChI=1S/C8H14ClN5O/c1-5(3-4-15)11-8-13-6(9)12-7(10-2)14-8/h5,15H,3-4H2,1-2H3,(H2,10,11,12,13,14). The Balaban J connectivity index is 2.71. The van der Waals surface area contributed by atoms with Gasteiger partial charge in [-0.15, -0.1) is 0 Å². The molecule has 1 unspecified atom stereocenters. The minimum absolute atomic E-state index is 0.0816.